The highest BCUT2D eigenvalue weighted by molar-refractivity contribution is 5.75. The van der Waals surface area contributed by atoms with E-state index in [1.807, 2.05) is 37.8 Å². The molecule has 0 bridgehead atoms. The molecule has 1 fully saturated rings. The van der Waals surface area contributed by atoms with Gasteiger partial charge in [0.15, 0.2) is 0 Å². The van der Waals surface area contributed by atoms with Crippen molar-refractivity contribution in [3.05, 3.63) is 52.7 Å². The highest BCUT2D eigenvalue weighted by atomic mass is 19.1. The van der Waals surface area contributed by atoms with Crippen LogP contribution in [0.3, 0.4) is 0 Å². The van der Waals surface area contributed by atoms with Gasteiger partial charge in [-0.3, -0.25) is 0 Å². The van der Waals surface area contributed by atoms with E-state index in [0.717, 1.165) is 41.3 Å². The molecule has 2 heterocycles. The molecular formula is C26H38FN5O. The number of hydrogen-bond acceptors (Lipinski definition) is 4. The Balaban J connectivity index is 1.90. The van der Waals surface area contributed by atoms with E-state index in [4.69, 9.17) is 9.97 Å². The van der Waals surface area contributed by atoms with Gasteiger partial charge in [-0.1, -0.05) is 32.9 Å². The molecule has 1 aromatic carbocycles. The number of nitrogens with zero attached hydrogens (tertiary/aromatic N) is 4. The van der Waals surface area contributed by atoms with Crippen LogP contribution in [0.4, 0.5) is 15.0 Å². The number of nitrogens with one attached hydrogen (secondary N) is 1. The van der Waals surface area contributed by atoms with Crippen molar-refractivity contribution in [2.75, 3.05) is 31.1 Å². The van der Waals surface area contributed by atoms with Crippen LogP contribution < -0.4 is 10.2 Å². The van der Waals surface area contributed by atoms with Crippen LogP contribution >= 0.6 is 0 Å². The zero-order chi connectivity index (χ0) is 24.2. The third-order valence-corrected chi connectivity index (χ3v) is 6.12. The van der Waals surface area contributed by atoms with Crippen molar-refractivity contribution in [1.82, 2.24) is 20.2 Å². The molecule has 3 rings (SSSR count). The summed E-state index contributed by atoms with van der Waals surface area (Å²) in [5, 5.41) is 3.05. The van der Waals surface area contributed by atoms with E-state index in [2.05, 4.69) is 31.0 Å². The quantitative estimate of drug-likeness (QED) is 0.672. The average molecular weight is 456 g/mol. The summed E-state index contributed by atoms with van der Waals surface area (Å²) in [5.74, 6) is 1.87. The third-order valence-electron chi connectivity index (χ3n) is 6.12. The van der Waals surface area contributed by atoms with Gasteiger partial charge in [0.2, 0.25) is 0 Å². The predicted molar refractivity (Wildman–Crippen MR) is 131 cm³/mol. The van der Waals surface area contributed by atoms with Gasteiger partial charge in [0.1, 0.15) is 17.5 Å². The lowest BCUT2D eigenvalue weighted by Crippen LogP contribution is -2.55. The number of rotatable bonds is 6. The summed E-state index contributed by atoms with van der Waals surface area (Å²) < 4.78 is 13.5. The SMILES string of the molecule is CCc1nc([C@H](C)CC)nc(N2CCN(C(=O)NC(C)(C)C)CC2)c1Cc1ccc(F)cc1. The fourth-order valence-corrected chi connectivity index (χ4v) is 4.00. The number of aryl methyl sites for hydroxylation is 1. The topological polar surface area (TPSA) is 61.4 Å². The minimum Gasteiger partial charge on any atom is -0.353 e. The van der Waals surface area contributed by atoms with Gasteiger partial charge in [-0.05, 0) is 51.3 Å². The van der Waals surface area contributed by atoms with Gasteiger partial charge in [-0.15, -0.1) is 0 Å². The first-order valence-corrected chi connectivity index (χ1v) is 12.1. The Morgan fingerprint density at radius 1 is 1.09 bits per heavy atom. The molecule has 6 nitrogen and oxygen atoms in total. The van der Waals surface area contributed by atoms with Gasteiger partial charge in [0.25, 0.3) is 0 Å². The van der Waals surface area contributed by atoms with E-state index in [1.165, 1.54) is 12.1 Å². The summed E-state index contributed by atoms with van der Waals surface area (Å²) in [6.07, 6.45) is 2.44. The number of anilines is 1. The summed E-state index contributed by atoms with van der Waals surface area (Å²) in [6.45, 7) is 15.1. The molecule has 0 aliphatic carbocycles. The Morgan fingerprint density at radius 3 is 2.27 bits per heavy atom. The van der Waals surface area contributed by atoms with Gasteiger partial charge in [-0.2, -0.15) is 0 Å². The summed E-state index contributed by atoms with van der Waals surface area (Å²) >= 11 is 0. The highest BCUT2D eigenvalue weighted by Gasteiger charge is 2.27. The van der Waals surface area contributed by atoms with E-state index in [9.17, 15) is 9.18 Å². The molecule has 1 aromatic heterocycles. The van der Waals surface area contributed by atoms with Crippen molar-refractivity contribution >= 4 is 11.8 Å². The van der Waals surface area contributed by atoms with Gasteiger partial charge in [0, 0.05) is 55.3 Å². The zero-order valence-electron chi connectivity index (χ0n) is 20.9. The molecule has 1 saturated heterocycles. The number of piperazine rings is 1. The minimum absolute atomic E-state index is 0.0223. The molecular weight excluding hydrogens is 417 g/mol. The first-order valence-electron chi connectivity index (χ1n) is 12.1. The molecule has 180 valence electrons. The largest absolute Gasteiger partial charge is 0.353 e. The van der Waals surface area contributed by atoms with Gasteiger partial charge < -0.3 is 15.1 Å². The zero-order valence-corrected chi connectivity index (χ0v) is 20.9. The van der Waals surface area contributed by atoms with Crippen LogP contribution in [0.15, 0.2) is 24.3 Å². The normalized spacial score (nSPS) is 15.5. The van der Waals surface area contributed by atoms with Crippen LogP contribution in [0.25, 0.3) is 0 Å². The second kappa shape index (κ2) is 10.5. The van der Waals surface area contributed by atoms with E-state index in [0.29, 0.717) is 32.6 Å². The number of carbonyl (C=O) groups excluding carboxylic acids is 1. The smallest absolute Gasteiger partial charge is 0.317 e. The maximum atomic E-state index is 13.5. The molecule has 33 heavy (non-hydrogen) atoms. The molecule has 0 spiro atoms. The van der Waals surface area contributed by atoms with Crippen LogP contribution in [0, 0.1) is 5.82 Å². The minimum atomic E-state index is -0.260. The Hall–Kier alpha value is -2.70. The van der Waals surface area contributed by atoms with Gasteiger partial charge >= 0.3 is 6.03 Å². The molecule has 0 saturated carbocycles. The highest BCUT2D eigenvalue weighted by Crippen LogP contribution is 2.28. The lowest BCUT2D eigenvalue weighted by molar-refractivity contribution is 0.185. The number of carbonyl (C=O) groups is 1. The van der Waals surface area contributed by atoms with Crippen molar-refractivity contribution in [3.8, 4) is 0 Å². The van der Waals surface area contributed by atoms with E-state index in [-0.39, 0.29) is 23.3 Å². The van der Waals surface area contributed by atoms with Crippen molar-refractivity contribution in [3.63, 3.8) is 0 Å². The Morgan fingerprint density at radius 2 is 1.73 bits per heavy atom. The van der Waals surface area contributed by atoms with E-state index < -0.39 is 0 Å². The molecule has 1 aliphatic rings. The number of halogens is 1. The fraction of sp³-hybridized carbons (Fsp3) is 0.577. The van der Waals surface area contributed by atoms with Crippen LogP contribution in [-0.2, 0) is 12.8 Å². The van der Waals surface area contributed by atoms with Crippen LogP contribution in [0.1, 0.15) is 76.5 Å². The molecule has 1 atom stereocenters. The maximum Gasteiger partial charge on any atom is 0.317 e. The average Bonchev–Trinajstić information content (AvgIpc) is 2.79. The third kappa shape index (κ3) is 6.42. The monoisotopic (exact) mass is 455 g/mol. The van der Waals surface area contributed by atoms with E-state index >= 15 is 0 Å². The van der Waals surface area contributed by atoms with Crippen molar-refractivity contribution in [1.29, 1.82) is 0 Å². The van der Waals surface area contributed by atoms with Crippen molar-refractivity contribution in [2.45, 2.75) is 72.3 Å². The summed E-state index contributed by atoms with van der Waals surface area (Å²) in [7, 11) is 0. The molecule has 1 aliphatic heterocycles. The van der Waals surface area contributed by atoms with Gasteiger partial charge in [-0.25, -0.2) is 19.2 Å². The van der Waals surface area contributed by atoms with Crippen LogP contribution in [0.2, 0.25) is 0 Å². The molecule has 0 unspecified atom stereocenters. The molecule has 7 heteroatoms. The fourth-order valence-electron chi connectivity index (χ4n) is 4.00. The van der Waals surface area contributed by atoms with Crippen molar-refractivity contribution < 1.29 is 9.18 Å². The molecule has 2 aromatic rings. The first-order chi connectivity index (χ1) is 15.6. The molecule has 0 radical (unpaired) electrons. The Kier molecular flexibility index (Phi) is 7.92. The Bertz CT molecular complexity index is 946. The maximum absolute atomic E-state index is 13.5. The Labute approximate surface area is 197 Å². The second-order valence-electron chi connectivity index (χ2n) is 9.95. The van der Waals surface area contributed by atoms with E-state index in [1.54, 1.807) is 0 Å². The second-order valence-corrected chi connectivity index (χ2v) is 9.95. The number of hydrogen-bond donors (Lipinski definition) is 1. The van der Waals surface area contributed by atoms with Crippen LogP contribution in [0.5, 0.6) is 0 Å². The van der Waals surface area contributed by atoms with Gasteiger partial charge in [0.05, 0.1) is 0 Å². The predicted octanol–water partition coefficient (Wildman–Crippen LogP) is 4.91. The van der Waals surface area contributed by atoms with Crippen LogP contribution in [-0.4, -0.2) is 52.6 Å². The number of amides is 2. The number of aromatic nitrogens is 2. The van der Waals surface area contributed by atoms with Crippen molar-refractivity contribution in [2.24, 2.45) is 0 Å². The first kappa shape index (κ1) is 24.9. The standard InChI is InChI=1S/C26H38FN5O/c1-7-18(3)23-28-22(8-2)21(17-19-9-11-20(27)12-10-19)24(29-23)31-13-15-32(16-14-31)25(33)30-26(4,5)6/h9-12,18H,7-8,13-17H2,1-6H3,(H,30,33)/t18-/m1/s1. The lowest BCUT2D eigenvalue weighted by Gasteiger charge is -2.38. The summed E-state index contributed by atoms with van der Waals surface area (Å²) in [4.78, 5) is 26.7. The molecule has 1 N–H and O–H groups in total. The lowest BCUT2D eigenvalue weighted by atomic mass is 10.0. The summed E-state index contributed by atoms with van der Waals surface area (Å²) in [5.41, 5.74) is 2.93. The summed E-state index contributed by atoms with van der Waals surface area (Å²) in [6, 6.07) is 6.64. The number of benzene rings is 1. The molecule has 2 amide bonds. The number of urea groups is 1.